The highest BCUT2D eigenvalue weighted by molar-refractivity contribution is 6.30. The van der Waals surface area contributed by atoms with Crippen molar-refractivity contribution in [3.05, 3.63) is 29.0 Å². The standard InChI is InChI=1S/C11H12ClF4NO/c12-8-4-9(13)6-10(5-8)17-2-1-3-18-7-11(14,15)16/h4-6,17H,1-3,7H2. The van der Waals surface area contributed by atoms with Crippen LogP contribution in [0.25, 0.3) is 0 Å². The molecule has 1 aromatic rings. The summed E-state index contributed by atoms with van der Waals surface area (Å²) in [4.78, 5) is 0. The second kappa shape index (κ2) is 6.80. The van der Waals surface area contributed by atoms with E-state index in [-0.39, 0.29) is 11.6 Å². The van der Waals surface area contributed by atoms with Gasteiger partial charge < -0.3 is 10.1 Å². The van der Waals surface area contributed by atoms with E-state index in [1.54, 1.807) is 0 Å². The fourth-order valence-electron chi connectivity index (χ4n) is 1.25. The van der Waals surface area contributed by atoms with Gasteiger partial charge in [-0.3, -0.25) is 0 Å². The SMILES string of the molecule is Fc1cc(Cl)cc(NCCCOCC(F)(F)F)c1. The molecule has 102 valence electrons. The normalized spacial score (nSPS) is 11.6. The third kappa shape index (κ3) is 6.66. The lowest BCUT2D eigenvalue weighted by Crippen LogP contribution is -2.18. The quantitative estimate of drug-likeness (QED) is 0.633. The predicted octanol–water partition coefficient (Wildman–Crippen LogP) is 3.86. The van der Waals surface area contributed by atoms with Crippen LogP contribution in [-0.4, -0.2) is 25.9 Å². The summed E-state index contributed by atoms with van der Waals surface area (Å²) in [6.07, 6.45) is -3.92. The van der Waals surface area contributed by atoms with Crippen molar-refractivity contribution in [1.82, 2.24) is 0 Å². The van der Waals surface area contributed by atoms with E-state index < -0.39 is 18.6 Å². The number of benzene rings is 1. The van der Waals surface area contributed by atoms with E-state index in [1.807, 2.05) is 0 Å². The second-order valence-corrected chi connectivity index (χ2v) is 4.04. The molecular weight excluding hydrogens is 274 g/mol. The van der Waals surface area contributed by atoms with Crippen molar-refractivity contribution in [2.24, 2.45) is 0 Å². The lowest BCUT2D eigenvalue weighted by atomic mass is 10.3. The zero-order valence-electron chi connectivity index (χ0n) is 9.36. The fraction of sp³-hybridized carbons (Fsp3) is 0.455. The molecule has 0 unspecified atom stereocenters. The molecule has 0 atom stereocenters. The van der Waals surface area contributed by atoms with Gasteiger partial charge in [0, 0.05) is 23.9 Å². The maximum Gasteiger partial charge on any atom is 0.411 e. The molecular formula is C11H12ClF4NO. The molecule has 0 aliphatic carbocycles. The van der Waals surface area contributed by atoms with Crippen LogP contribution < -0.4 is 5.32 Å². The van der Waals surface area contributed by atoms with Gasteiger partial charge in [0.15, 0.2) is 0 Å². The van der Waals surface area contributed by atoms with Crippen LogP contribution >= 0.6 is 11.6 Å². The average Bonchev–Trinajstić information content (AvgIpc) is 2.20. The highest BCUT2D eigenvalue weighted by atomic mass is 35.5. The summed E-state index contributed by atoms with van der Waals surface area (Å²) in [7, 11) is 0. The Morgan fingerprint density at radius 3 is 2.56 bits per heavy atom. The van der Waals surface area contributed by atoms with Crippen LogP contribution in [0.1, 0.15) is 6.42 Å². The number of alkyl halides is 3. The summed E-state index contributed by atoms with van der Waals surface area (Å²) >= 11 is 5.63. The van der Waals surface area contributed by atoms with E-state index in [2.05, 4.69) is 10.1 Å². The molecule has 0 heterocycles. The first-order valence-corrected chi connectivity index (χ1v) is 5.59. The third-order valence-electron chi connectivity index (χ3n) is 1.92. The van der Waals surface area contributed by atoms with Gasteiger partial charge in [0.25, 0.3) is 0 Å². The van der Waals surface area contributed by atoms with Gasteiger partial charge in [-0.05, 0) is 24.6 Å². The van der Waals surface area contributed by atoms with E-state index in [0.717, 1.165) is 0 Å². The molecule has 0 aliphatic heterocycles. The molecule has 0 fully saturated rings. The maximum atomic E-state index is 12.9. The minimum atomic E-state index is -4.30. The number of hydrogen-bond donors (Lipinski definition) is 1. The Bertz CT molecular complexity index is 364. The molecule has 0 aliphatic rings. The van der Waals surface area contributed by atoms with Gasteiger partial charge >= 0.3 is 6.18 Å². The molecule has 1 N–H and O–H groups in total. The van der Waals surface area contributed by atoms with Gasteiger partial charge in [0.05, 0.1) is 0 Å². The molecule has 7 heteroatoms. The molecule has 0 saturated carbocycles. The highest BCUT2D eigenvalue weighted by Crippen LogP contribution is 2.18. The number of rotatable bonds is 6. The number of halogens is 5. The summed E-state index contributed by atoms with van der Waals surface area (Å²) in [5.74, 6) is -0.474. The Labute approximate surface area is 107 Å². The van der Waals surface area contributed by atoms with Gasteiger partial charge in [-0.1, -0.05) is 11.6 Å². The van der Waals surface area contributed by atoms with Crippen LogP contribution in [0, 0.1) is 5.82 Å². The van der Waals surface area contributed by atoms with Crippen molar-refractivity contribution in [2.75, 3.05) is 25.1 Å². The summed E-state index contributed by atoms with van der Waals surface area (Å²) in [5, 5.41) is 3.09. The van der Waals surface area contributed by atoms with E-state index >= 15 is 0 Å². The zero-order chi connectivity index (χ0) is 13.6. The summed E-state index contributed by atoms with van der Waals surface area (Å²) in [5.41, 5.74) is 0.482. The first-order valence-electron chi connectivity index (χ1n) is 5.21. The monoisotopic (exact) mass is 285 g/mol. The molecule has 1 rings (SSSR count). The van der Waals surface area contributed by atoms with Crippen LogP contribution in [0.4, 0.5) is 23.2 Å². The van der Waals surface area contributed by atoms with Crippen molar-refractivity contribution >= 4 is 17.3 Å². The number of ether oxygens (including phenoxy) is 1. The number of hydrogen-bond acceptors (Lipinski definition) is 2. The first-order chi connectivity index (χ1) is 8.37. The Balaban J connectivity index is 2.18. The molecule has 0 spiro atoms. The summed E-state index contributed by atoms with van der Waals surface area (Å²) < 4.78 is 52.5. The van der Waals surface area contributed by atoms with Crippen LogP contribution in [0.15, 0.2) is 18.2 Å². The Kier molecular flexibility index (Phi) is 5.68. The van der Waals surface area contributed by atoms with Crippen molar-refractivity contribution < 1.29 is 22.3 Å². The van der Waals surface area contributed by atoms with Crippen molar-refractivity contribution in [1.29, 1.82) is 0 Å². The van der Waals surface area contributed by atoms with E-state index in [4.69, 9.17) is 11.6 Å². The van der Waals surface area contributed by atoms with Crippen molar-refractivity contribution in [3.63, 3.8) is 0 Å². The molecule has 0 radical (unpaired) electrons. The fourth-order valence-corrected chi connectivity index (χ4v) is 1.47. The molecule has 18 heavy (non-hydrogen) atoms. The lowest BCUT2D eigenvalue weighted by molar-refractivity contribution is -0.173. The average molecular weight is 286 g/mol. The predicted molar refractivity (Wildman–Crippen MR) is 61.4 cm³/mol. The molecule has 0 aromatic heterocycles. The minimum absolute atomic E-state index is 0.0183. The smallest absolute Gasteiger partial charge is 0.385 e. The van der Waals surface area contributed by atoms with Gasteiger partial charge in [0.2, 0.25) is 0 Å². The number of anilines is 1. The van der Waals surface area contributed by atoms with E-state index in [0.29, 0.717) is 18.7 Å². The highest BCUT2D eigenvalue weighted by Gasteiger charge is 2.27. The van der Waals surface area contributed by atoms with Crippen molar-refractivity contribution in [2.45, 2.75) is 12.6 Å². The van der Waals surface area contributed by atoms with Crippen LogP contribution in [0.5, 0.6) is 0 Å². The first kappa shape index (κ1) is 15.0. The van der Waals surface area contributed by atoms with Gasteiger partial charge in [0.1, 0.15) is 12.4 Å². The molecule has 1 aromatic carbocycles. The maximum absolute atomic E-state index is 12.9. The molecule has 2 nitrogen and oxygen atoms in total. The third-order valence-corrected chi connectivity index (χ3v) is 2.14. The van der Waals surface area contributed by atoms with Crippen LogP contribution in [0.3, 0.4) is 0 Å². The van der Waals surface area contributed by atoms with Gasteiger partial charge in [-0.2, -0.15) is 13.2 Å². The van der Waals surface area contributed by atoms with E-state index in [1.165, 1.54) is 18.2 Å². The largest absolute Gasteiger partial charge is 0.411 e. The lowest BCUT2D eigenvalue weighted by Gasteiger charge is -2.09. The molecule has 0 amide bonds. The summed E-state index contributed by atoms with van der Waals surface area (Å²) in [6.45, 7) is -0.897. The summed E-state index contributed by atoms with van der Waals surface area (Å²) in [6, 6.07) is 3.95. The molecule has 0 bridgehead atoms. The van der Waals surface area contributed by atoms with Gasteiger partial charge in [-0.15, -0.1) is 0 Å². The minimum Gasteiger partial charge on any atom is -0.385 e. The van der Waals surface area contributed by atoms with Crippen LogP contribution in [-0.2, 0) is 4.74 Å². The topological polar surface area (TPSA) is 21.3 Å². The Morgan fingerprint density at radius 1 is 1.22 bits per heavy atom. The van der Waals surface area contributed by atoms with Crippen molar-refractivity contribution in [3.8, 4) is 0 Å². The van der Waals surface area contributed by atoms with E-state index in [9.17, 15) is 17.6 Å². The number of nitrogens with one attached hydrogen (secondary N) is 1. The Hall–Kier alpha value is -1.01. The second-order valence-electron chi connectivity index (χ2n) is 3.61. The zero-order valence-corrected chi connectivity index (χ0v) is 10.1. The van der Waals surface area contributed by atoms with Gasteiger partial charge in [-0.25, -0.2) is 4.39 Å². The Morgan fingerprint density at radius 2 is 1.94 bits per heavy atom. The molecule has 0 saturated heterocycles. The van der Waals surface area contributed by atoms with Crippen LogP contribution in [0.2, 0.25) is 5.02 Å².